The summed E-state index contributed by atoms with van der Waals surface area (Å²) in [5, 5.41) is 2.93. The molecule has 4 nitrogen and oxygen atoms in total. The van der Waals surface area contributed by atoms with Crippen LogP contribution in [-0.4, -0.2) is 25.2 Å². The van der Waals surface area contributed by atoms with Gasteiger partial charge in [0.1, 0.15) is 12.7 Å². The molecule has 1 aliphatic heterocycles. The average molecular weight is 325 g/mol. The fourth-order valence-electron chi connectivity index (χ4n) is 2.68. The summed E-state index contributed by atoms with van der Waals surface area (Å²) in [7, 11) is 0. The van der Waals surface area contributed by atoms with Crippen molar-refractivity contribution in [1.29, 1.82) is 0 Å². The van der Waals surface area contributed by atoms with Gasteiger partial charge in [-0.2, -0.15) is 0 Å². The Balaban J connectivity index is 1.41. The molecule has 0 aliphatic carbocycles. The summed E-state index contributed by atoms with van der Waals surface area (Å²) in [5.41, 5.74) is 2.51. The van der Waals surface area contributed by atoms with Gasteiger partial charge in [-0.3, -0.25) is 4.79 Å². The lowest BCUT2D eigenvalue weighted by Crippen LogP contribution is -2.40. The highest BCUT2D eigenvalue weighted by molar-refractivity contribution is 5.76. The molecule has 3 rings (SSSR count). The van der Waals surface area contributed by atoms with Crippen LogP contribution in [0.3, 0.4) is 0 Å². The van der Waals surface area contributed by atoms with Gasteiger partial charge in [0.2, 0.25) is 5.91 Å². The first-order chi connectivity index (χ1) is 11.7. The van der Waals surface area contributed by atoms with Gasteiger partial charge in [0.25, 0.3) is 0 Å². The van der Waals surface area contributed by atoms with Crippen LogP contribution in [0.15, 0.2) is 48.5 Å². The SMILES string of the molecule is CCc1ccc(CCC(=O)NCC2COc3ccccc3O2)cc1. The summed E-state index contributed by atoms with van der Waals surface area (Å²) in [6, 6.07) is 16.0. The monoisotopic (exact) mass is 325 g/mol. The summed E-state index contributed by atoms with van der Waals surface area (Å²) >= 11 is 0. The largest absolute Gasteiger partial charge is 0.486 e. The maximum absolute atomic E-state index is 12.0. The van der Waals surface area contributed by atoms with Crippen LogP contribution in [0.25, 0.3) is 0 Å². The molecule has 1 atom stereocenters. The average Bonchev–Trinajstić information content (AvgIpc) is 2.65. The first-order valence-corrected chi connectivity index (χ1v) is 8.47. The van der Waals surface area contributed by atoms with Crippen molar-refractivity contribution in [2.75, 3.05) is 13.2 Å². The minimum atomic E-state index is -0.146. The smallest absolute Gasteiger partial charge is 0.220 e. The molecule has 1 aliphatic rings. The van der Waals surface area contributed by atoms with Crippen LogP contribution >= 0.6 is 0 Å². The molecule has 1 unspecified atom stereocenters. The maximum Gasteiger partial charge on any atom is 0.220 e. The number of benzene rings is 2. The van der Waals surface area contributed by atoms with Gasteiger partial charge in [-0.1, -0.05) is 43.3 Å². The molecule has 0 spiro atoms. The molecule has 1 N–H and O–H groups in total. The Bertz CT molecular complexity index is 682. The molecule has 0 radical (unpaired) electrons. The number of rotatable bonds is 6. The molecule has 4 heteroatoms. The standard InChI is InChI=1S/C20H23NO3/c1-2-15-7-9-16(10-8-15)11-12-20(22)21-13-17-14-23-18-5-3-4-6-19(18)24-17/h3-10,17H,2,11-14H2,1H3,(H,21,22). The highest BCUT2D eigenvalue weighted by atomic mass is 16.6. The van der Waals surface area contributed by atoms with Crippen molar-refractivity contribution in [3.63, 3.8) is 0 Å². The van der Waals surface area contributed by atoms with E-state index in [0.717, 1.165) is 24.3 Å². The molecule has 0 bridgehead atoms. The van der Waals surface area contributed by atoms with Gasteiger partial charge in [0.15, 0.2) is 11.5 Å². The molecule has 24 heavy (non-hydrogen) atoms. The fraction of sp³-hybridized carbons (Fsp3) is 0.350. The second-order valence-electron chi connectivity index (χ2n) is 5.97. The third-order valence-electron chi connectivity index (χ3n) is 4.17. The Morgan fingerprint density at radius 3 is 2.54 bits per heavy atom. The zero-order chi connectivity index (χ0) is 16.8. The lowest BCUT2D eigenvalue weighted by molar-refractivity contribution is -0.121. The topological polar surface area (TPSA) is 47.6 Å². The van der Waals surface area contributed by atoms with E-state index < -0.39 is 0 Å². The molecule has 126 valence electrons. The lowest BCUT2D eigenvalue weighted by atomic mass is 10.1. The third-order valence-corrected chi connectivity index (χ3v) is 4.17. The van der Waals surface area contributed by atoms with Crippen LogP contribution in [-0.2, 0) is 17.6 Å². The number of carbonyl (C=O) groups is 1. The second-order valence-corrected chi connectivity index (χ2v) is 5.97. The van der Waals surface area contributed by atoms with Gasteiger partial charge >= 0.3 is 0 Å². The van der Waals surface area contributed by atoms with E-state index >= 15 is 0 Å². The van der Waals surface area contributed by atoms with Crippen LogP contribution in [0, 0.1) is 0 Å². The minimum Gasteiger partial charge on any atom is -0.486 e. The molecular formula is C20H23NO3. The normalized spacial score (nSPS) is 15.8. The Kier molecular flexibility index (Phi) is 5.36. The van der Waals surface area contributed by atoms with Gasteiger partial charge in [0, 0.05) is 6.42 Å². The zero-order valence-electron chi connectivity index (χ0n) is 14.0. The van der Waals surface area contributed by atoms with E-state index in [1.807, 2.05) is 24.3 Å². The van der Waals surface area contributed by atoms with E-state index in [9.17, 15) is 4.79 Å². The summed E-state index contributed by atoms with van der Waals surface area (Å²) in [5.74, 6) is 1.53. The van der Waals surface area contributed by atoms with Gasteiger partial charge in [-0.15, -0.1) is 0 Å². The molecule has 1 heterocycles. The highest BCUT2D eigenvalue weighted by Gasteiger charge is 2.20. The quantitative estimate of drug-likeness (QED) is 0.887. The Morgan fingerprint density at radius 1 is 1.08 bits per heavy atom. The van der Waals surface area contributed by atoms with E-state index in [1.165, 1.54) is 11.1 Å². The van der Waals surface area contributed by atoms with Crippen molar-refractivity contribution in [2.45, 2.75) is 32.3 Å². The predicted molar refractivity (Wildman–Crippen MR) is 93.5 cm³/mol. The van der Waals surface area contributed by atoms with Crippen molar-refractivity contribution < 1.29 is 14.3 Å². The highest BCUT2D eigenvalue weighted by Crippen LogP contribution is 2.30. The molecule has 0 fully saturated rings. The molecule has 2 aromatic carbocycles. The number of hydrogen-bond acceptors (Lipinski definition) is 3. The van der Waals surface area contributed by atoms with Gasteiger partial charge < -0.3 is 14.8 Å². The molecule has 0 saturated heterocycles. The molecule has 0 saturated carbocycles. The summed E-state index contributed by atoms with van der Waals surface area (Å²) in [6.07, 6.45) is 2.12. The number of fused-ring (bicyclic) bond motifs is 1. The predicted octanol–water partition coefficient (Wildman–Crippen LogP) is 3.14. The van der Waals surface area contributed by atoms with Crippen molar-refractivity contribution in [2.24, 2.45) is 0 Å². The third kappa shape index (κ3) is 4.28. The number of aryl methyl sites for hydroxylation is 2. The van der Waals surface area contributed by atoms with Crippen molar-refractivity contribution >= 4 is 5.91 Å². The van der Waals surface area contributed by atoms with Gasteiger partial charge in [0.05, 0.1) is 6.54 Å². The Labute approximate surface area is 142 Å². The molecular weight excluding hydrogens is 302 g/mol. The van der Waals surface area contributed by atoms with Gasteiger partial charge in [-0.05, 0) is 36.1 Å². The number of para-hydroxylation sites is 2. The van der Waals surface area contributed by atoms with Crippen molar-refractivity contribution in [3.05, 3.63) is 59.7 Å². The van der Waals surface area contributed by atoms with Crippen LogP contribution in [0.5, 0.6) is 11.5 Å². The lowest BCUT2D eigenvalue weighted by Gasteiger charge is -2.26. The minimum absolute atomic E-state index is 0.0389. The van der Waals surface area contributed by atoms with Crippen LogP contribution in [0.1, 0.15) is 24.5 Å². The molecule has 2 aromatic rings. The number of nitrogens with one attached hydrogen (secondary N) is 1. The van der Waals surface area contributed by atoms with Crippen molar-refractivity contribution in [3.8, 4) is 11.5 Å². The molecule has 0 aromatic heterocycles. The van der Waals surface area contributed by atoms with Gasteiger partial charge in [-0.25, -0.2) is 0 Å². The number of carbonyl (C=O) groups excluding carboxylic acids is 1. The van der Waals surface area contributed by atoms with Crippen LogP contribution < -0.4 is 14.8 Å². The summed E-state index contributed by atoms with van der Waals surface area (Å²) < 4.78 is 11.5. The van der Waals surface area contributed by atoms with Crippen LogP contribution in [0.2, 0.25) is 0 Å². The fourth-order valence-corrected chi connectivity index (χ4v) is 2.68. The summed E-state index contributed by atoms with van der Waals surface area (Å²) in [6.45, 7) is 3.05. The molecule has 1 amide bonds. The van der Waals surface area contributed by atoms with E-state index in [-0.39, 0.29) is 12.0 Å². The maximum atomic E-state index is 12.0. The van der Waals surface area contributed by atoms with E-state index in [2.05, 4.69) is 36.5 Å². The number of amides is 1. The Hall–Kier alpha value is -2.49. The first-order valence-electron chi connectivity index (χ1n) is 8.47. The summed E-state index contributed by atoms with van der Waals surface area (Å²) in [4.78, 5) is 12.0. The number of hydrogen-bond donors (Lipinski definition) is 1. The van der Waals surface area contributed by atoms with E-state index in [1.54, 1.807) is 0 Å². The van der Waals surface area contributed by atoms with Crippen LogP contribution in [0.4, 0.5) is 0 Å². The van der Waals surface area contributed by atoms with E-state index in [4.69, 9.17) is 9.47 Å². The van der Waals surface area contributed by atoms with E-state index in [0.29, 0.717) is 19.6 Å². The second kappa shape index (κ2) is 7.86. The zero-order valence-corrected chi connectivity index (χ0v) is 14.0. The van der Waals surface area contributed by atoms with Crippen molar-refractivity contribution in [1.82, 2.24) is 5.32 Å². The first kappa shape index (κ1) is 16.4. The Morgan fingerprint density at radius 2 is 1.79 bits per heavy atom. The number of ether oxygens (including phenoxy) is 2.